The second-order valence-electron chi connectivity index (χ2n) is 8.02. The number of sulfonamides is 1. The van der Waals surface area contributed by atoms with Crippen molar-refractivity contribution in [1.29, 1.82) is 0 Å². The summed E-state index contributed by atoms with van der Waals surface area (Å²) in [6, 6.07) is 10.8. The lowest BCUT2D eigenvalue weighted by Crippen LogP contribution is -2.47. The number of aryl methyl sites for hydroxylation is 2. The van der Waals surface area contributed by atoms with Crippen LogP contribution in [0.4, 0.5) is 4.39 Å². The molecule has 0 aromatic heterocycles. The summed E-state index contributed by atoms with van der Waals surface area (Å²) in [6.45, 7) is 4.27. The van der Waals surface area contributed by atoms with Crippen molar-refractivity contribution in [3.63, 3.8) is 0 Å². The number of carbonyl (C=O) groups excluding carboxylic acids is 2. The minimum Gasteiger partial charge on any atom is -0.348 e. The molecule has 0 spiro atoms. The molecule has 1 atom stereocenters. The van der Waals surface area contributed by atoms with E-state index in [1.165, 1.54) is 16.4 Å². The molecule has 3 rings (SSSR count). The highest BCUT2D eigenvalue weighted by Crippen LogP contribution is 2.28. The number of hydrogen-bond donors (Lipinski definition) is 2. The Labute approximate surface area is 188 Å². The summed E-state index contributed by atoms with van der Waals surface area (Å²) in [7, 11) is -3.70. The minimum absolute atomic E-state index is 0.0638. The molecule has 9 heteroatoms. The maximum absolute atomic E-state index is 13.2. The van der Waals surface area contributed by atoms with Gasteiger partial charge < -0.3 is 10.6 Å². The van der Waals surface area contributed by atoms with Crippen LogP contribution in [-0.4, -0.2) is 50.2 Å². The highest BCUT2D eigenvalue weighted by atomic mass is 32.2. The van der Waals surface area contributed by atoms with Gasteiger partial charge in [-0.15, -0.1) is 0 Å². The molecule has 2 amide bonds. The van der Waals surface area contributed by atoms with Crippen molar-refractivity contribution >= 4 is 21.8 Å². The van der Waals surface area contributed by atoms with E-state index in [2.05, 4.69) is 10.6 Å². The van der Waals surface area contributed by atoms with Crippen LogP contribution >= 0.6 is 0 Å². The maximum Gasteiger partial charge on any atom is 0.309 e. The van der Waals surface area contributed by atoms with Crippen molar-refractivity contribution in [1.82, 2.24) is 14.9 Å². The van der Waals surface area contributed by atoms with Gasteiger partial charge in [0, 0.05) is 25.7 Å². The molecule has 0 unspecified atom stereocenters. The number of carbonyl (C=O) groups is 2. The number of halogens is 1. The van der Waals surface area contributed by atoms with Crippen LogP contribution in [0.5, 0.6) is 0 Å². The van der Waals surface area contributed by atoms with Gasteiger partial charge in [-0.25, -0.2) is 12.8 Å². The molecular formula is C23H28FN3O4S. The average molecular weight is 462 g/mol. The van der Waals surface area contributed by atoms with Crippen LogP contribution < -0.4 is 10.6 Å². The topological polar surface area (TPSA) is 95.6 Å². The van der Waals surface area contributed by atoms with Crippen LogP contribution in [0, 0.1) is 19.7 Å². The number of amides is 2. The molecule has 2 aromatic rings. The van der Waals surface area contributed by atoms with Crippen LogP contribution in [0.1, 0.15) is 29.5 Å². The molecule has 172 valence electrons. The van der Waals surface area contributed by atoms with Crippen LogP contribution in [0.3, 0.4) is 0 Å². The number of hydrogen-bond acceptors (Lipinski definition) is 4. The Bertz CT molecular complexity index is 1090. The van der Waals surface area contributed by atoms with E-state index < -0.39 is 27.9 Å². The summed E-state index contributed by atoms with van der Waals surface area (Å²) in [6.07, 6.45) is 1.76. The summed E-state index contributed by atoms with van der Waals surface area (Å²) in [5.41, 5.74) is 2.37. The quantitative estimate of drug-likeness (QED) is 0.617. The van der Waals surface area contributed by atoms with Gasteiger partial charge in [-0.2, -0.15) is 4.31 Å². The van der Waals surface area contributed by atoms with Crippen molar-refractivity contribution < 1.29 is 22.4 Å². The van der Waals surface area contributed by atoms with Gasteiger partial charge in [-0.05, 0) is 68.0 Å². The van der Waals surface area contributed by atoms with E-state index in [4.69, 9.17) is 0 Å². The zero-order valence-electron chi connectivity index (χ0n) is 18.2. The number of rotatable bonds is 7. The fourth-order valence-electron chi connectivity index (χ4n) is 3.78. The Hall–Kier alpha value is -2.78. The van der Waals surface area contributed by atoms with Gasteiger partial charge in [0.15, 0.2) is 0 Å². The first-order valence-corrected chi connectivity index (χ1v) is 12.0. The van der Waals surface area contributed by atoms with Crippen LogP contribution in [0.2, 0.25) is 0 Å². The van der Waals surface area contributed by atoms with Crippen molar-refractivity contribution in [2.45, 2.75) is 44.0 Å². The molecule has 0 saturated carbocycles. The molecule has 1 heterocycles. The van der Waals surface area contributed by atoms with Gasteiger partial charge in [0.1, 0.15) is 5.82 Å². The largest absolute Gasteiger partial charge is 0.348 e. The lowest BCUT2D eigenvalue weighted by Gasteiger charge is -2.25. The van der Waals surface area contributed by atoms with Gasteiger partial charge in [0.25, 0.3) is 0 Å². The average Bonchev–Trinajstić information content (AvgIpc) is 3.24. The zero-order valence-corrected chi connectivity index (χ0v) is 19.0. The molecule has 2 aromatic carbocycles. The summed E-state index contributed by atoms with van der Waals surface area (Å²) in [4.78, 5) is 24.5. The van der Waals surface area contributed by atoms with Crippen molar-refractivity contribution in [3.8, 4) is 0 Å². The predicted octanol–water partition coefficient (Wildman–Crippen LogP) is 2.07. The van der Waals surface area contributed by atoms with E-state index in [1.807, 2.05) is 13.0 Å². The van der Waals surface area contributed by atoms with E-state index in [9.17, 15) is 22.4 Å². The third kappa shape index (κ3) is 5.72. The zero-order chi connectivity index (χ0) is 23.3. The standard InChI is InChI=1S/C23H28FN3O4S/c1-16-5-6-17(2)21(14-16)32(30,31)27-13-3-4-20(27)15-26-23(29)22(28)25-12-11-18-7-9-19(24)10-8-18/h5-10,14,20H,3-4,11-13,15H2,1-2H3,(H,25,28)(H,26,29)/t20-/m1/s1. The van der Waals surface area contributed by atoms with E-state index in [1.54, 1.807) is 31.2 Å². The molecule has 0 bridgehead atoms. The smallest absolute Gasteiger partial charge is 0.309 e. The first-order valence-electron chi connectivity index (χ1n) is 10.6. The monoisotopic (exact) mass is 461 g/mol. The van der Waals surface area contributed by atoms with Crippen molar-refractivity contribution in [2.75, 3.05) is 19.6 Å². The molecule has 1 fully saturated rings. The summed E-state index contributed by atoms with van der Waals surface area (Å²) in [5, 5.41) is 5.08. The van der Waals surface area contributed by atoms with E-state index in [0.29, 0.717) is 31.4 Å². The van der Waals surface area contributed by atoms with Gasteiger partial charge in [0.05, 0.1) is 4.90 Å². The molecule has 32 heavy (non-hydrogen) atoms. The van der Waals surface area contributed by atoms with E-state index in [0.717, 1.165) is 11.1 Å². The van der Waals surface area contributed by atoms with Gasteiger partial charge in [0.2, 0.25) is 10.0 Å². The number of benzene rings is 2. The van der Waals surface area contributed by atoms with Gasteiger partial charge in [-0.3, -0.25) is 9.59 Å². The number of nitrogens with zero attached hydrogens (tertiary/aromatic N) is 1. The molecule has 1 saturated heterocycles. The first kappa shape index (κ1) is 23.9. The fraction of sp³-hybridized carbons (Fsp3) is 0.391. The Balaban J connectivity index is 1.53. The van der Waals surface area contributed by atoms with Crippen LogP contribution in [0.15, 0.2) is 47.4 Å². The second kappa shape index (κ2) is 10.2. The Morgan fingerprint density at radius 2 is 1.75 bits per heavy atom. The summed E-state index contributed by atoms with van der Waals surface area (Å²) in [5.74, 6) is -1.92. The lowest BCUT2D eigenvalue weighted by molar-refractivity contribution is -0.139. The summed E-state index contributed by atoms with van der Waals surface area (Å²) >= 11 is 0. The third-order valence-corrected chi connectivity index (χ3v) is 7.66. The fourth-order valence-corrected chi connectivity index (χ4v) is 5.79. The Morgan fingerprint density at radius 3 is 2.47 bits per heavy atom. The normalized spacial score (nSPS) is 16.7. The van der Waals surface area contributed by atoms with Crippen molar-refractivity contribution in [3.05, 3.63) is 65.0 Å². The molecule has 1 aliphatic rings. The Kier molecular flexibility index (Phi) is 7.63. The highest BCUT2D eigenvalue weighted by Gasteiger charge is 2.36. The van der Waals surface area contributed by atoms with E-state index >= 15 is 0 Å². The molecule has 0 aliphatic carbocycles. The molecule has 7 nitrogen and oxygen atoms in total. The predicted molar refractivity (Wildman–Crippen MR) is 119 cm³/mol. The van der Waals surface area contributed by atoms with Crippen molar-refractivity contribution in [2.24, 2.45) is 0 Å². The number of nitrogens with one attached hydrogen (secondary N) is 2. The minimum atomic E-state index is -3.70. The molecular weight excluding hydrogens is 433 g/mol. The first-order chi connectivity index (χ1) is 15.2. The third-order valence-electron chi connectivity index (χ3n) is 5.57. The van der Waals surface area contributed by atoms with Gasteiger partial charge >= 0.3 is 11.8 Å². The summed E-state index contributed by atoms with van der Waals surface area (Å²) < 4.78 is 40.8. The van der Waals surface area contributed by atoms with Gasteiger partial charge in [-0.1, -0.05) is 24.3 Å². The molecule has 1 aliphatic heterocycles. The van der Waals surface area contributed by atoms with Crippen LogP contribution in [0.25, 0.3) is 0 Å². The molecule has 0 radical (unpaired) electrons. The molecule has 2 N–H and O–H groups in total. The van der Waals surface area contributed by atoms with Crippen LogP contribution in [-0.2, 0) is 26.0 Å². The van der Waals surface area contributed by atoms with E-state index in [-0.39, 0.29) is 23.8 Å². The SMILES string of the molecule is Cc1ccc(C)c(S(=O)(=O)N2CCC[C@@H]2CNC(=O)C(=O)NCCc2ccc(F)cc2)c1. The second-order valence-corrected chi connectivity index (χ2v) is 9.88. The Morgan fingerprint density at radius 1 is 1.06 bits per heavy atom. The maximum atomic E-state index is 13.2. The highest BCUT2D eigenvalue weighted by molar-refractivity contribution is 7.89. The lowest BCUT2D eigenvalue weighted by atomic mass is 10.1.